The molecule has 0 spiro atoms. The SMILES string of the molecule is CCOC(=O)CC(O)(NC(=O)C(CC(C)C)n1cc(CCN2CCC2)c(C(F)(F)F)cc1=O)c1c(F)c(-c2c(C)ccc(OC)c2C)cc(C(F)(F)F)c1F. The highest BCUT2D eigenvalue weighted by Gasteiger charge is 2.47. The lowest BCUT2D eigenvalue weighted by molar-refractivity contribution is -0.153. The van der Waals surface area contributed by atoms with Gasteiger partial charge in [-0.15, -0.1) is 0 Å². The summed E-state index contributed by atoms with van der Waals surface area (Å²) in [5.41, 5.74) is -11.0. The molecule has 3 aromatic rings. The number of aryl methyl sites for hydroxylation is 1. The third-order valence-corrected chi connectivity index (χ3v) is 9.52. The first-order chi connectivity index (χ1) is 25.5. The topological polar surface area (TPSA) is 110 Å². The number of hydrogen-bond acceptors (Lipinski definition) is 7. The molecule has 2 unspecified atom stereocenters. The number of halogens is 8. The van der Waals surface area contributed by atoms with E-state index < -0.39 is 87.8 Å². The van der Waals surface area contributed by atoms with E-state index in [9.17, 15) is 45.8 Å². The number of aliphatic hydroxyl groups is 1. The standard InChI is InChI=1S/C38H43F8N3O6/c1-7-55-30(51)18-36(53,32-33(39)24(16-26(34(32)40)38(44,45)46)31-21(4)9-10-28(54-6)22(31)5)47-35(52)27(15-20(2)3)49-19-23(11-14-48-12-8-13-48)25(17-29(49)50)37(41,42)43/h9-10,16-17,19-20,27,53H,7-8,11-15,18H2,1-6H3,(H,47,52). The molecule has 9 nitrogen and oxygen atoms in total. The highest BCUT2D eigenvalue weighted by molar-refractivity contribution is 5.83. The van der Waals surface area contributed by atoms with Crippen molar-refractivity contribution in [1.82, 2.24) is 14.8 Å². The van der Waals surface area contributed by atoms with Crippen LogP contribution in [0.2, 0.25) is 0 Å². The van der Waals surface area contributed by atoms with Crippen LogP contribution in [0.5, 0.6) is 5.75 Å². The van der Waals surface area contributed by atoms with Crippen LogP contribution in [0.1, 0.15) is 79.5 Å². The second-order valence-electron chi connectivity index (χ2n) is 13.9. The van der Waals surface area contributed by atoms with Crippen molar-refractivity contribution in [2.75, 3.05) is 33.4 Å². The minimum absolute atomic E-state index is 0.122. The van der Waals surface area contributed by atoms with E-state index in [1.807, 2.05) is 10.2 Å². The first kappa shape index (κ1) is 43.2. The van der Waals surface area contributed by atoms with Crippen molar-refractivity contribution < 1.29 is 59.3 Å². The van der Waals surface area contributed by atoms with Crippen LogP contribution in [0.15, 0.2) is 35.3 Å². The smallest absolute Gasteiger partial charge is 0.419 e. The largest absolute Gasteiger partial charge is 0.496 e. The Hall–Kier alpha value is -4.51. The molecule has 4 rings (SSSR count). The Morgan fingerprint density at radius 1 is 0.982 bits per heavy atom. The summed E-state index contributed by atoms with van der Waals surface area (Å²) in [7, 11) is 1.26. The summed E-state index contributed by atoms with van der Waals surface area (Å²) in [5, 5.41) is 14.0. The number of carbonyl (C=O) groups excluding carboxylic acids is 2. The summed E-state index contributed by atoms with van der Waals surface area (Å²) in [4.78, 5) is 42.3. The minimum atomic E-state index is -5.50. The van der Waals surface area contributed by atoms with E-state index in [0.29, 0.717) is 23.7 Å². The summed E-state index contributed by atoms with van der Waals surface area (Å²) in [5.74, 6) is -7.34. The predicted octanol–water partition coefficient (Wildman–Crippen LogP) is 7.21. The molecule has 1 saturated heterocycles. The van der Waals surface area contributed by atoms with E-state index in [1.54, 1.807) is 13.8 Å². The van der Waals surface area contributed by atoms with Gasteiger partial charge in [0.25, 0.3) is 5.56 Å². The van der Waals surface area contributed by atoms with Gasteiger partial charge in [0.1, 0.15) is 23.4 Å². The Balaban J connectivity index is 1.97. The average Bonchev–Trinajstić information content (AvgIpc) is 3.03. The van der Waals surface area contributed by atoms with Crippen molar-refractivity contribution in [2.24, 2.45) is 5.92 Å². The maximum Gasteiger partial charge on any atom is 0.419 e. The van der Waals surface area contributed by atoms with Crippen molar-refractivity contribution in [3.63, 3.8) is 0 Å². The van der Waals surface area contributed by atoms with Gasteiger partial charge >= 0.3 is 18.3 Å². The molecule has 0 aliphatic carbocycles. The van der Waals surface area contributed by atoms with E-state index in [-0.39, 0.29) is 60.1 Å². The molecule has 1 aliphatic rings. The number of carbonyl (C=O) groups is 2. The van der Waals surface area contributed by atoms with E-state index in [2.05, 4.69) is 0 Å². The zero-order valence-corrected chi connectivity index (χ0v) is 31.1. The molecule has 2 N–H and O–H groups in total. The number of nitrogens with zero attached hydrogens (tertiary/aromatic N) is 2. The van der Waals surface area contributed by atoms with Gasteiger partial charge in [-0.2, -0.15) is 26.3 Å². The van der Waals surface area contributed by atoms with E-state index in [4.69, 9.17) is 9.47 Å². The van der Waals surface area contributed by atoms with Crippen LogP contribution in [-0.2, 0) is 38.8 Å². The maximum absolute atomic E-state index is 16.9. The Bertz CT molecular complexity index is 1970. The zero-order valence-electron chi connectivity index (χ0n) is 31.1. The van der Waals surface area contributed by atoms with E-state index in [0.717, 1.165) is 12.6 Å². The van der Waals surface area contributed by atoms with Crippen molar-refractivity contribution in [1.29, 1.82) is 0 Å². The highest BCUT2D eigenvalue weighted by atomic mass is 19.4. The third kappa shape index (κ3) is 9.48. The van der Waals surface area contributed by atoms with Gasteiger partial charge in [-0.05, 0) is 93.4 Å². The molecule has 55 heavy (non-hydrogen) atoms. The number of likely N-dealkylation sites (tertiary alicyclic amines) is 1. The summed E-state index contributed by atoms with van der Waals surface area (Å²) < 4.78 is 130. The monoisotopic (exact) mass is 789 g/mol. The lowest BCUT2D eigenvalue weighted by Crippen LogP contribution is -2.52. The summed E-state index contributed by atoms with van der Waals surface area (Å²) in [6, 6.07) is 1.59. The number of pyridine rings is 1. The molecule has 1 amide bonds. The second-order valence-corrected chi connectivity index (χ2v) is 13.9. The number of alkyl halides is 6. The number of rotatable bonds is 14. The molecule has 0 bridgehead atoms. The normalized spacial score (nSPS) is 15.3. The Kier molecular flexibility index (Phi) is 13.1. The average molecular weight is 790 g/mol. The van der Waals surface area contributed by atoms with Crippen molar-refractivity contribution in [3.8, 4) is 16.9 Å². The molecule has 2 heterocycles. The Morgan fingerprint density at radius 2 is 1.62 bits per heavy atom. The Labute approximate surface area is 312 Å². The summed E-state index contributed by atoms with van der Waals surface area (Å²) in [6.45, 7) is 8.50. The molecule has 2 aromatic carbocycles. The number of hydrogen-bond donors (Lipinski definition) is 2. The second kappa shape index (κ2) is 16.7. The van der Waals surface area contributed by atoms with Crippen LogP contribution in [0.3, 0.4) is 0 Å². The lowest BCUT2D eigenvalue weighted by atomic mass is 9.87. The number of amides is 1. The van der Waals surface area contributed by atoms with Gasteiger partial charge in [0, 0.05) is 24.4 Å². The summed E-state index contributed by atoms with van der Waals surface area (Å²) in [6.07, 6.45) is -10.8. The fourth-order valence-corrected chi connectivity index (χ4v) is 6.73. The number of esters is 1. The molecule has 0 saturated carbocycles. The zero-order chi connectivity index (χ0) is 41.2. The number of methoxy groups -OCH3 is 1. The molecule has 1 aliphatic heterocycles. The lowest BCUT2D eigenvalue weighted by Gasteiger charge is -2.34. The van der Waals surface area contributed by atoms with E-state index in [1.165, 1.54) is 40.0 Å². The number of benzene rings is 2. The van der Waals surface area contributed by atoms with Crippen LogP contribution in [0.25, 0.3) is 11.1 Å². The van der Waals surface area contributed by atoms with Crippen LogP contribution in [0, 0.1) is 31.4 Å². The minimum Gasteiger partial charge on any atom is -0.496 e. The van der Waals surface area contributed by atoms with Crippen molar-refractivity contribution in [3.05, 3.63) is 85.8 Å². The van der Waals surface area contributed by atoms with Crippen LogP contribution in [0.4, 0.5) is 35.1 Å². The van der Waals surface area contributed by atoms with Gasteiger partial charge in [0.2, 0.25) is 5.91 Å². The first-order valence-electron chi connectivity index (χ1n) is 17.5. The molecule has 0 radical (unpaired) electrons. The third-order valence-electron chi connectivity index (χ3n) is 9.52. The van der Waals surface area contributed by atoms with Gasteiger partial charge in [-0.3, -0.25) is 14.4 Å². The fourth-order valence-electron chi connectivity index (χ4n) is 6.73. The predicted molar refractivity (Wildman–Crippen MR) is 185 cm³/mol. The van der Waals surface area contributed by atoms with Gasteiger partial charge < -0.3 is 29.4 Å². The van der Waals surface area contributed by atoms with Crippen molar-refractivity contribution in [2.45, 2.75) is 84.4 Å². The van der Waals surface area contributed by atoms with Crippen LogP contribution >= 0.6 is 0 Å². The maximum atomic E-state index is 16.9. The van der Waals surface area contributed by atoms with Gasteiger partial charge in [0.15, 0.2) is 5.72 Å². The number of ether oxygens (including phenoxy) is 2. The van der Waals surface area contributed by atoms with Gasteiger partial charge in [-0.25, -0.2) is 8.78 Å². The molecular weight excluding hydrogens is 746 g/mol. The van der Waals surface area contributed by atoms with Gasteiger partial charge in [0.05, 0.1) is 36.8 Å². The first-order valence-corrected chi connectivity index (χ1v) is 17.5. The molecule has 1 fully saturated rings. The highest BCUT2D eigenvalue weighted by Crippen LogP contribution is 2.44. The molecule has 2 atom stereocenters. The number of aromatic nitrogens is 1. The molecule has 1 aromatic heterocycles. The number of nitrogens with one attached hydrogen (secondary N) is 1. The molecule has 17 heteroatoms. The van der Waals surface area contributed by atoms with E-state index >= 15 is 8.78 Å². The quantitative estimate of drug-likeness (QED) is 0.101. The van der Waals surface area contributed by atoms with Crippen LogP contribution in [-0.4, -0.2) is 59.8 Å². The van der Waals surface area contributed by atoms with Gasteiger partial charge in [-0.1, -0.05) is 19.9 Å². The summed E-state index contributed by atoms with van der Waals surface area (Å²) >= 11 is 0. The van der Waals surface area contributed by atoms with Crippen LogP contribution < -0.4 is 15.6 Å². The van der Waals surface area contributed by atoms with Crippen molar-refractivity contribution >= 4 is 11.9 Å². The molecular formula is C38H43F8N3O6. The fraction of sp³-hybridized carbons (Fsp3) is 0.500. The Morgan fingerprint density at radius 3 is 2.15 bits per heavy atom. The molecule has 302 valence electrons.